The van der Waals surface area contributed by atoms with E-state index < -0.39 is 0 Å². The molecule has 0 saturated carbocycles. The minimum absolute atomic E-state index is 0.0441. The van der Waals surface area contributed by atoms with Crippen LogP contribution in [0, 0.1) is 0 Å². The third kappa shape index (κ3) is 5.36. The minimum Gasteiger partial charge on any atom is -0.456 e. The molecular weight excluding hydrogens is 685 g/mol. The van der Waals surface area contributed by atoms with Crippen molar-refractivity contribution in [3.05, 3.63) is 205 Å². The maximum Gasteiger partial charge on any atom is 0.164 e. The summed E-state index contributed by atoms with van der Waals surface area (Å²) in [5, 5.41) is 1.03. The zero-order valence-corrected chi connectivity index (χ0v) is 30.3. The van der Waals surface area contributed by atoms with Crippen LogP contribution in [0.5, 0.6) is 0 Å². The summed E-state index contributed by atoms with van der Waals surface area (Å²) in [6, 6.07) is 63.5. The SMILES string of the molecule is C1=CC2C(c3ccccc3N2c2ccccc2)c2c1oc1cccc(-c3nc(-c4ccc(-c5ccccc5)cc4)nc(-c4cccc(-c5ccccc5)c4)n3)c21. The van der Waals surface area contributed by atoms with Crippen molar-refractivity contribution in [1.29, 1.82) is 0 Å². The van der Waals surface area contributed by atoms with Crippen LogP contribution in [0.25, 0.3) is 73.5 Å². The monoisotopic (exact) mass is 718 g/mol. The molecule has 264 valence electrons. The first kappa shape index (κ1) is 32.1. The molecule has 0 spiro atoms. The molecule has 7 aromatic carbocycles. The van der Waals surface area contributed by atoms with E-state index in [1.807, 2.05) is 18.2 Å². The van der Waals surface area contributed by atoms with E-state index in [1.54, 1.807) is 0 Å². The highest BCUT2D eigenvalue weighted by atomic mass is 16.3. The molecule has 1 aliphatic carbocycles. The number of hydrogen-bond donors (Lipinski definition) is 0. The molecule has 5 heteroatoms. The Kier molecular flexibility index (Phi) is 7.56. The number of nitrogens with zero attached hydrogens (tertiary/aromatic N) is 4. The van der Waals surface area contributed by atoms with Crippen LogP contribution >= 0.6 is 0 Å². The number of rotatable bonds is 6. The van der Waals surface area contributed by atoms with Crippen LogP contribution in [-0.2, 0) is 0 Å². The molecule has 1 aliphatic heterocycles. The van der Waals surface area contributed by atoms with E-state index in [1.165, 1.54) is 11.3 Å². The lowest BCUT2D eigenvalue weighted by atomic mass is 9.82. The second-order valence-electron chi connectivity index (χ2n) is 14.3. The van der Waals surface area contributed by atoms with Gasteiger partial charge in [-0.1, -0.05) is 158 Å². The van der Waals surface area contributed by atoms with Crippen LogP contribution in [0.3, 0.4) is 0 Å². The summed E-state index contributed by atoms with van der Waals surface area (Å²) in [6.07, 6.45) is 4.44. The van der Waals surface area contributed by atoms with Gasteiger partial charge in [-0.25, -0.2) is 15.0 Å². The standard InChI is InChI=1S/C51H34N4O/c1-4-14-33(15-5-1)35-26-28-36(29-27-35)49-52-50(38-19-12-18-37(32-38)34-16-6-2-7-17-34)54-51(53-49)41-23-13-25-44-47(41)48-45(56-44)31-30-43-46(48)40-22-10-11-24-42(40)55(43)39-20-8-3-9-21-39/h1-32,43,46H. The number of anilines is 2. The van der Waals surface area contributed by atoms with Crippen molar-refractivity contribution in [2.75, 3.05) is 4.90 Å². The maximum absolute atomic E-state index is 6.69. The molecule has 11 rings (SSSR count). The van der Waals surface area contributed by atoms with E-state index in [4.69, 9.17) is 19.4 Å². The Balaban J connectivity index is 1.10. The van der Waals surface area contributed by atoms with Crippen molar-refractivity contribution >= 4 is 28.4 Å². The molecule has 0 radical (unpaired) electrons. The molecule has 2 aromatic heterocycles. The zero-order valence-electron chi connectivity index (χ0n) is 30.3. The second-order valence-corrected chi connectivity index (χ2v) is 14.3. The second kappa shape index (κ2) is 13.2. The Bertz CT molecular complexity index is 2920. The molecule has 0 bridgehead atoms. The quantitative estimate of drug-likeness (QED) is 0.171. The van der Waals surface area contributed by atoms with Crippen LogP contribution in [0.1, 0.15) is 22.8 Å². The lowest BCUT2D eigenvalue weighted by Gasteiger charge is -2.30. The Morgan fingerprint density at radius 1 is 0.464 bits per heavy atom. The molecule has 0 fully saturated rings. The van der Waals surface area contributed by atoms with Gasteiger partial charge >= 0.3 is 0 Å². The van der Waals surface area contributed by atoms with E-state index in [-0.39, 0.29) is 12.0 Å². The van der Waals surface area contributed by atoms with Gasteiger partial charge in [0, 0.05) is 44.9 Å². The van der Waals surface area contributed by atoms with E-state index in [0.717, 1.165) is 66.9 Å². The molecule has 0 amide bonds. The van der Waals surface area contributed by atoms with Gasteiger partial charge in [-0.2, -0.15) is 0 Å². The number of fused-ring (bicyclic) bond motifs is 7. The minimum atomic E-state index is 0.0441. The summed E-state index contributed by atoms with van der Waals surface area (Å²) in [4.78, 5) is 18.2. The van der Waals surface area contributed by atoms with Crippen molar-refractivity contribution < 1.29 is 4.42 Å². The van der Waals surface area contributed by atoms with Gasteiger partial charge in [0.15, 0.2) is 17.5 Å². The smallest absolute Gasteiger partial charge is 0.164 e. The van der Waals surface area contributed by atoms with E-state index in [0.29, 0.717) is 17.5 Å². The summed E-state index contributed by atoms with van der Waals surface area (Å²) in [7, 11) is 0. The lowest BCUT2D eigenvalue weighted by Crippen LogP contribution is -2.30. The summed E-state index contributed by atoms with van der Waals surface area (Å²) in [5.74, 6) is 2.75. The van der Waals surface area contributed by atoms with Gasteiger partial charge in [-0.3, -0.25) is 0 Å². The number of furan rings is 1. The molecule has 2 atom stereocenters. The van der Waals surface area contributed by atoms with Gasteiger partial charge in [0.1, 0.15) is 11.3 Å². The first-order valence-corrected chi connectivity index (χ1v) is 19.0. The number of aromatic nitrogens is 3. The van der Waals surface area contributed by atoms with Crippen molar-refractivity contribution in [3.8, 4) is 56.4 Å². The summed E-state index contributed by atoms with van der Waals surface area (Å²) >= 11 is 0. The third-order valence-electron chi connectivity index (χ3n) is 11.1. The van der Waals surface area contributed by atoms with Crippen molar-refractivity contribution in [1.82, 2.24) is 15.0 Å². The predicted molar refractivity (Wildman–Crippen MR) is 226 cm³/mol. The van der Waals surface area contributed by atoms with Gasteiger partial charge in [0.25, 0.3) is 0 Å². The van der Waals surface area contributed by atoms with Gasteiger partial charge in [-0.15, -0.1) is 0 Å². The average Bonchev–Trinajstić information content (AvgIpc) is 3.83. The Morgan fingerprint density at radius 3 is 1.80 bits per heavy atom. The molecule has 2 aliphatic rings. The normalized spacial score (nSPS) is 15.4. The molecule has 56 heavy (non-hydrogen) atoms. The van der Waals surface area contributed by atoms with Crippen LogP contribution in [0.4, 0.5) is 11.4 Å². The maximum atomic E-state index is 6.69. The Labute approximate surface area is 324 Å². The summed E-state index contributed by atoms with van der Waals surface area (Å²) in [5.41, 5.74) is 12.9. The predicted octanol–water partition coefficient (Wildman–Crippen LogP) is 12.6. The average molecular weight is 719 g/mol. The van der Waals surface area contributed by atoms with Crippen LogP contribution < -0.4 is 4.90 Å². The first-order valence-electron chi connectivity index (χ1n) is 19.0. The zero-order chi connectivity index (χ0) is 37.0. The van der Waals surface area contributed by atoms with Crippen LogP contribution in [-0.4, -0.2) is 21.0 Å². The molecule has 9 aromatic rings. The Hall–Kier alpha value is -7.37. The third-order valence-corrected chi connectivity index (χ3v) is 11.1. The molecule has 3 heterocycles. The lowest BCUT2D eigenvalue weighted by molar-refractivity contribution is 0.584. The van der Waals surface area contributed by atoms with Gasteiger partial charge in [-0.05, 0) is 64.2 Å². The molecule has 5 nitrogen and oxygen atoms in total. The van der Waals surface area contributed by atoms with Gasteiger partial charge < -0.3 is 9.32 Å². The molecule has 0 saturated heterocycles. The van der Waals surface area contributed by atoms with Crippen LogP contribution in [0.2, 0.25) is 0 Å². The fraction of sp³-hybridized carbons (Fsp3) is 0.0392. The highest BCUT2D eigenvalue weighted by Gasteiger charge is 2.43. The molecular formula is C51H34N4O. The largest absolute Gasteiger partial charge is 0.456 e. The highest BCUT2D eigenvalue weighted by Crippen LogP contribution is 2.54. The molecule has 2 unspecified atom stereocenters. The van der Waals surface area contributed by atoms with Gasteiger partial charge in [0.2, 0.25) is 0 Å². The number of benzene rings is 7. The van der Waals surface area contributed by atoms with Gasteiger partial charge in [0.05, 0.1) is 6.04 Å². The van der Waals surface area contributed by atoms with E-state index in [9.17, 15) is 0 Å². The fourth-order valence-electron chi connectivity index (χ4n) is 8.55. The van der Waals surface area contributed by atoms with Crippen molar-refractivity contribution in [3.63, 3.8) is 0 Å². The number of hydrogen-bond acceptors (Lipinski definition) is 5. The summed E-state index contributed by atoms with van der Waals surface area (Å²) < 4.78 is 6.69. The van der Waals surface area contributed by atoms with Crippen molar-refractivity contribution in [2.45, 2.75) is 12.0 Å². The first-order chi connectivity index (χ1) is 27.8. The van der Waals surface area contributed by atoms with Crippen LogP contribution in [0.15, 0.2) is 192 Å². The summed E-state index contributed by atoms with van der Waals surface area (Å²) in [6.45, 7) is 0. The number of para-hydroxylation sites is 2. The highest BCUT2D eigenvalue weighted by molar-refractivity contribution is 5.99. The van der Waals surface area contributed by atoms with E-state index >= 15 is 0 Å². The van der Waals surface area contributed by atoms with E-state index in [2.05, 4.69) is 181 Å². The van der Waals surface area contributed by atoms with Crippen molar-refractivity contribution in [2.24, 2.45) is 0 Å². The fourth-order valence-corrected chi connectivity index (χ4v) is 8.55. The topological polar surface area (TPSA) is 55.1 Å². The molecule has 0 N–H and O–H groups in total. The Morgan fingerprint density at radius 2 is 1.04 bits per heavy atom.